The molecule has 0 aliphatic rings. The Morgan fingerprint density at radius 2 is 1.69 bits per heavy atom. The predicted molar refractivity (Wildman–Crippen MR) is 149 cm³/mol. The van der Waals surface area contributed by atoms with Gasteiger partial charge in [0.05, 0.1) is 25.2 Å². The van der Waals surface area contributed by atoms with E-state index in [0.717, 1.165) is 33.2 Å². The van der Waals surface area contributed by atoms with Gasteiger partial charge in [0.25, 0.3) is 0 Å². The molecular formula is C30H30N2O6S. The normalized spacial score (nSPS) is 11.5. The van der Waals surface area contributed by atoms with Crippen molar-refractivity contribution in [2.75, 3.05) is 19.5 Å². The van der Waals surface area contributed by atoms with E-state index in [2.05, 4.69) is 10.3 Å². The van der Waals surface area contributed by atoms with Gasteiger partial charge in [-0.3, -0.25) is 4.79 Å². The SMILES string of the molecule is COc1ccc(SCC(=O)N[C@@H](Cc2ccc(OCCc3nc(-c4ccccc4)oc3C)cc2)C(=O)O)cc1. The molecule has 4 rings (SSSR count). The molecule has 0 saturated heterocycles. The Bertz CT molecular complexity index is 1370. The van der Waals surface area contributed by atoms with Crippen LogP contribution in [0.3, 0.4) is 0 Å². The molecule has 1 heterocycles. The maximum absolute atomic E-state index is 12.4. The molecule has 0 spiro atoms. The summed E-state index contributed by atoms with van der Waals surface area (Å²) in [5, 5.41) is 12.2. The van der Waals surface area contributed by atoms with Crippen LogP contribution >= 0.6 is 11.8 Å². The van der Waals surface area contributed by atoms with E-state index in [-0.39, 0.29) is 18.1 Å². The number of oxazole rings is 1. The average molecular weight is 547 g/mol. The summed E-state index contributed by atoms with van der Waals surface area (Å²) in [4.78, 5) is 29.6. The minimum Gasteiger partial charge on any atom is -0.497 e. The smallest absolute Gasteiger partial charge is 0.326 e. The number of aliphatic carboxylic acids is 1. The first kappa shape index (κ1) is 27.8. The molecular weight excluding hydrogens is 516 g/mol. The Kier molecular flexibility index (Phi) is 9.64. The topological polar surface area (TPSA) is 111 Å². The number of carbonyl (C=O) groups is 2. The third-order valence-electron chi connectivity index (χ3n) is 5.95. The van der Waals surface area contributed by atoms with Crippen molar-refractivity contribution in [3.05, 3.63) is 95.9 Å². The summed E-state index contributed by atoms with van der Waals surface area (Å²) in [7, 11) is 1.59. The summed E-state index contributed by atoms with van der Waals surface area (Å²) < 4.78 is 16.8. The van der Waals surface area contributed by atoms with E-state index in [1.165, 1.54) is 11.8 Å². The quantitative estimate of drug-likeness (QED) is 0.221. The molecule has 0 aliphatic heterocycles. The van der Waals surface area contributed by atoms with E-state index in [0.29, 0.717) is 24.7 Å². The van der Waals surface area contributed by atoms with Gasteiger partial charge in [0.2, 0.25) is 11.8 Å². The summed E-state index contributed by atoms with van der Waals surface area (Å²) in [6.07, 6.45) is 0.751. The van der Waals surface area contributed by atoms with Crippen LogP contribution in [-0.2, 0) is 22.4 Å². The van der Waals surface area contributed by atoms with Crippen molar-refractivity contribution >= 4 is 23.6 Å². The number of carboxylic acids is 1. The van der Waals surface area contributed by atoms with Crippen molar-refractivity contribution in [1.82, 2.24) is 10.3 Å². The lowest BCUT2D eigenvalue weighted by atomic mass is 10.1. The molecule has 8 nitrogen and oxygen atoms in total. The van der Waals surface area contributed by atoms with Crippen molar-refractivity contribution in [1.29, 1.82) is 0 Å². The van der Waals surface area contributed by atoms with Gasteiger partial charge in [-0.05, 0) is 61.0 Å². The van der Waals surface area contributed by atoms with Gasteiger partial charge < -0.3 is 24.3 Å². The van der Waals surface area contributed by atoms with Crippen LogP contribution in [0.2, 0.25) is 0 Å². The van der Waals surface area contributed by atoms with Crippen LogP contribution in [0.5, 0.6) is 11.5 Å². The van der Waals surface area contributed by atoms with Crippen molar-refractivity contribution < 1.29 is 28.6 Å². The largest absolute Gasteiger partial charge is 0.497 e. The number of aryl methyl sites for hydroxylation is 1. The summed E-state index contributed by atoms with van der Waals surface area (Å²) >= 11 is 1.33. The second-order valence-corrected chi connectivity index (χ2v) is 9.81. The number of hydrogen-bond acceptors (Lipinski definition) is 7. The summed E-state index contributed by atoms with van der Waals surface area (Å²) in [5.41, 5.74) is 2.54. The fourth-order valence-corrected chi connectivity index (χ4v) is 4.55. The molecule has 1 atom stereocenters. The highest BCUT2D eigenvalue weighted by Crippen LogP contribution is 2.23. The number of hydrogen-bond donors (Lipinski definition) is 2. The van der Waals surface area contributed by atoms with Gasteiger partial charge in [0.1, 0.15) is 23.3 Å². The molecule has 9 heteroatoms. The second kappa shape index (κ2) is 13.5. The number of aromatic nitrogens is 1. The Labute approximate surface area is 231 Å². The van der Waals surface area contributed by atoms with Crippen LogP contribution in [0.15, 0.2) is 88.2 Å². The van der Waals surface area contributed by atoms with E-state index in [9.17, 15) is 14.7 Å². The number of nitrogens with zero attached hydrogens (tertiary/aromatic N) is 1. The lowest BCUT2D eigenvalue weighted by Crippen LogP contribution is -2.43. The summed E-state index contributed by atoms with van der Waals surface area (Å²) in [6.45, 7) is 2.31. The monoisotopic (exact) mass is 546 g/mol. The van der Waals surface area contributed by atoms with Crippen LogP contribution in [0, 0.1) is 6.92 Å². The average Bonchev–Trinajstić information content (AvgIpc) is 3.33. The van der Waals surface area contributed by atoms with E-state index < -0.39 is 12.0 Å². The first-order valence-electron chi connectivity index (χ1n) is 12.4. The minimum atomic E-state index is -1.09. The summed E-state index contributed by atoms with van der Waals surface area (Å²) in [6, 6.07) is 23.2. The van der Waals surface area contributed by atoms with Gasteiger partial charge >= 0.3 is 5.97 Å². The van der Waals surface area contributed by atoms with Gasteiger partial charge in [-0.25, -0.2) is 9.78 Å². The zero-order valence-electron chi connectivity index (χ0n) is 21.8. The highest BCUT2D eigenvalue weighted by Gasteiger charge is 2.20. The Morgan fingerprint density at radius 1 is 1.00 bits per heavy atom. The molecule has 2 N–H and O–H groups in total. The molecule has 0 radical (unpaired) electrons. The number of carbonyl (C=O) groups excluding carboxylic acids is 1. The Morgan fingerprint density at radius 3 is 2.36 bits per heavy atom. The number of benzene rings is 3. The fraction of sp³-hybridized carbons (Fsp3) is 0.233. The lowest BCUT2D eigenvalue weighted by Gasteiger charge is -2.15. The number of amides is 1. The standard InChI is InChI=1S/C30H30N2O6S/c1-20-26(32-29(38-20)22-6-4-3-5-7-22)16-17-37-24-10-8-21(9-11-24)18-27(30(34)35)31-28(33)19-39-25-14-12-23(36-2)13-15-25/h3-15,27H,16-19H2,1-2H3,(H,31,33)(H,34,35)/t27-/m0/s1. The van der Waals surface area contributed by atoms with Crippen molar-refractivity contribution in [2.24, 2.45) is 0 Å². The maximum Gasteiger partial charge on any atom is 0.326 e. The maximum atomic E-state index is 12.4. The van der Waals surface area contributed by atoms with E-state index in [1.807, 2.05) is 61.5 Å². The van der Waals surface area contributed by atoms with Crippen LogP contribution in [0.25, 0.3) is 11.5 Å². The molecule has 39 heavy (non-hydrogen) atoms. The van der Waals surface area contributed by atoms with E-state index in [4.69, 9.17) is 13.9 Å². The van der Waals surface area contributed by atoms with Gasteiger partial charge in [-0.2, -0.15) is 0 Å². The second-order valence-electron chi connectivity index (χ2n) is 8.76. The van der Waals surface area contributed by atoms with Crippen LogP contribution < -0.4 is 14.8 Å². The molecule has 1 aromatic heterocycles. The van der Waals surface area contributed by atoms with Crippen LogP contribution in [0.4, 0.5) is 0 Å². The number of carboxylic acid groups (broad SMARTS) is 1. The zero-order chi connectivity index (χ0) is 27.6. The minimum absolute atomic E-state index is 0.112. The van der Waals surface area contributed by atoms with Crippen molar-refractivity contribution in [2.45, 2.75) is 30.7 Å². The number of methoxy groups -OCH3 is 1. The zero-order valence-corrected chi connectivity index (χ0v) is 22.6. The molecule has 0 saturated carbocycles. The van der Waals surface area contributed by atoms with Crippen molar-refractivity contribution in [3.8, 4) is 23.0 Å². The van der Waals surface area contributed by atoms with Gasteiger partial charge in [-0.15, -0.1) is 11.8 Å². The molecule has 0 bridgehead atoms. The van der Waals surface area contributed by atoms with Gasteiger partial charge in [0, 0.05) is 23.3 Å². The lowest BCUT2D eigenvalue weighted by molar-refractivity contribution is -0.141. The van der Waals surface area contributed by atoms with Crippen LogP contribution in [0.1, 0.15) is 17.0 Å². The first-order chi connectivity index (χ1) is 18.9. The molecule has 4 aromatic rings. The Balaban J connectivity index is 1.24. The van der Waals surface area contributed by atoms with E-state index in [1.54, 1.807) is 31.4 Å². The van der Waals surface area contributed by atoms with Gasteiger partial charge in [0.15, 0.2) is 0 Å². The fourth-order valence-electron chi connectivity index (χ4n) is 3.84. The van der Waals surface area contributed by atoms with E-state index >= 15 is 0 Å². The first-order valence-corrected chi connectivity index (χ1v) is 13.4. The molecule has 3 aromatic carbocycles. The number of nitrogens with one attached hydrogen (secondary N) is 1. The highest BCUT2D eigenvalue weighted by atomic mass is 32.2. The third kappa shape index (κ3) is 8.12. The molecule has 1 amide bonds. The number of rotatable bonds is 13. The predicted octanol–water partition coefficient (Wildman–Crippen LogP) is 5.18. The third-order valence-corrected chi connectivity index (χ3v) is 6.96. The highest BCUT2D eigenvalue weighted by molar-refractivity contribution is 8.00. The van der Waals surface area contributed by atoms with Crippen LogP contribution in [-0.4, -0.2) is 47.5 Å². The number of ether oxygens (including phenoxy) is 2. The van der Waals surface area contributed by atoms with Gasteiger partial charge in [-0.1, -0.05) is 30.3 Å². The van der Waals surface area contributed by atoms with Crippen molar-refractivity contribution in [3.63, 3.8) is 0 Å². The molecule has 0 unspecified atom stereocenters. The molecule has 202 valence electrons. The summed E-state index contributed by atoms with van der Waals surface area (Å²) in [5.74, 6) is 1.42. The molecule has 0 aliphatic carbocycles. The number of thioether (sulfide) groups is 1. The Hall–Kier alpha value is -4.24. The molecule has 0 fully saturated rings.